The zero-order valence-electron chi connectivity index (χ0n) is 13.2. The molecule has 3 aliphatic heterocycles. The molecule has 0 aliphatic carbocycles. The molecule has 3 aliphatic rings. The normalized spacial score (nSPS) is 21.1. The molecule has 0 radical (unpaired) electrons. The summed E-state index contributed by atoms with van der Waals surface area (Å²) in [5.74, 6) is 0.0304. The molecule has 9 heteroatoms. The molecule has 1 amide bonds. The second kappa shape index (κ2) is 9.74. The fraction of sp³-hybridized carbons (Fsp3) is 0.714. The SMILES string of the molecule is CC1=C(C(=O)NCCN2CCOCC2)SC2=NCCCN21.Cl.Cl. The van der Waals surface area contributed by atoms with Gasteiger partial charge >= 0.3 is 0 Å². The van der Waals surface area contributed by atoms with Gasteiger partial charge in [-0.2, -0.15) is 0 Å². The Morgan fingerprint density at radius 2 is 2.04 bits per heavy atom. The highest BCUT2D eigenvalue weighted by molar-refractivity contribution is 8.18. The average Bonchev–Trinajstić information content (AvgIpc) is 2.86. The van der Waals surface area contributed by atoms with Crippen LogP contribution in [0.2, 0.25) is 0 Å². The van der Waals surface area contributed by atoms with Crippen LogP contribution in [0.3, 0.4) is 0 Å². The topological polar surface area (TPSA) is 57.2 Å². The maximum Gasteiger partial charge on any atom is 0.259 e. The maximum absolute atomic E-state index is 12.3. The van der Waals surface area contributed by atoms with Crippen LogP contribution in [0, 0.1) is 0 Å². The lowest BCUT2D eigenvalue weighted by molar-refractivity contribution is -0.116. The number of carbonyl (C=O) groups excluding carboxylic acids is 1. The highest BCUT2D eigenvalue weighted by atomic mass is 35.5. The van der Waals surface area contributed by atoms with Gasteiger partial charge < -0.3 is 15.0 Å². The van der Waals surface area contributed by atoms with Crippen LogP contribution in [-0.2, 0) is 9.53 Å². The summed E-state index contributed by atoms with van der Waals surface area (Å²) in [6.07, 6.45) is 1.06. The summed E-state index contributed by atoms with van der Waals surface area (Å²) in [6.45, 7) is 8.93. The van der Waals surface area contributed by atoms with Crippen LogP contribution in [0.15, 0.2) is 15.6 Å². The Kier molecular flexibility index (Phi) is 8.71. The number of allylic oxidation sites excluding steroid dienone is 1. The highest BCUT2D eigenvalue weighted by Gasteiger charge is 2.31. The summed E-state index contributed by atoms with van der Waals surface area (Å²) in [7, 11) is 0. The van der Waals surface area contributed by atoms with E-state index in [1.807, 2.05) is 6.92 Å². The number of hydrogen-bond donors (Lipinski definition) is 1. The molecule has 0 saturated carbocycles. The summed E-state index contributed by atoms with van der Waals surface area (Å²) < 4.78 is 5.32. The highest BCUT2D eigenvalue weighted by Crippen LogP contribution is 2.35. The van der Waals surface area contributed by atoms with Crippen molar-refractivity contribution >= 4 is 47.7 Å². The number of thioether (sulfide) groups is 1. The van der Waals surface area contributed by atoms with Crippen LogP contribution in [0.1, 0.15) is 13.3 Å². The Balaban J connectivity index is 0.00000132. The molecule has 3 rings (SSSR count). The molecule has 0 aromatic rings. The number of morpholine rings is 1. The van der Waals surface area contributed by atoms with Gasteiger partial charge in [-0.15, -0.1) is 24.8 Å². The zero-order valence-corrected chi connectivity index (χ0v) is 15.7. The van der Waals surface area contributed by atoms with E-state index in [9.17, 15) is 4.79 Å². The molecule has 6 nitrogen and oxygen atoms in total. The second-order valence-corrected chi connectivity index (χ2v) is 6.37. The third-order valence-electron chi connectivity index (χ3n) is 3.97. The van der Waals surface area contributed by atoms with E-state index in [1.54, 1.807) is 0 Å². The largest absolute Gasteiger partial charge is 0.379 e. The first-order valence-corrected chi connectivity index (χ1v) is 8.36. The van der Waals surface area contributed by atoms with Gasteiger partial charge in [0.25, 0.3) is 5.91 Å². The Labute approximate surface area is 153 Å². The van der Waals surface area contributed by atoms with Crippen molar-refractivity contribution in [2.24, 2.45) is 4.99 Å². The first-order valence-electron chi connectivity index (χ1n) is 7.55. The minimum Gasteiger partial charge on any atom is -0.379 e. The molecular weight excluding hydrogens is 359 g/mol. The van der Waals surface area contributed by atoms with E-state index in [0.717, 1.165) is 68.1 Å². The number of hydrogen-bond acceptors (Lipinski definition) is 6. The lowest BCUT2D eigenvalue weighted by atomic mass is 10.3. The van der Waals surface area contributed by atoms with Gasteiger partial charge in [0.1, 0.15) is 0 Å². The minimum absolute atomic E-state index is 0. The number of nitrogens with one attached hydrogen (secondary N) is 1. The van der Waals surface area contributed by atoms with Crippen LogP contribution in [0.4, 0.5) is 0 Å². The van der Waals surface area contributed by atoms with E-state index in [0.29, 0.717) is 6.54 Å². The molecule has 23 heavy (non-hydrogen) atoms. The van der Waals surface area contributed by atoms with E-state index >= 15 is 0 Å². The monoisotopic (exact) mass is 382 g/mol. The molecule has 1 N–H and O–H groups in total. The summed E-state index contributed by atoms with van der Waals surface area (Å²) >= 11 is 1.51. The number of rotatable bonds is 4. The van der Waals surface area contributed by atoms with E-state index in [1.165, 1.54) is 11.8 Å². The van der Waals surface area contributed by atoms with Crippen molar-refractivity contribution in [1.82, 2.24) is 15.1 Å². The molecule has 132 valence electrons. The van der Waals surface area contributed by atoms with Crippen molar-refractivity contribution < 1.29 is 9.53 Å². The van der Waals surface area contributed by atoms with Crippen LogP contribution in [0.5, 0.6) is 0 Å². The van der Waals surface area contributed by atoms with Crippen LogP contribution < -0.4 is 5.32 Å². The summed E-state index contributed by atoms with van der Waals surface area (Å²) in [5, 5.41) is 4.01. The maximum atomic E-state index is 12.3. The third kappa shape index (κ3) is 5.00. The van der Waals surface area contributed by atoms with Crippen molar-refractivity contribution in [3.05, 3.63) is 10.6 Å². The lowest BCUT2D eigenvalue weighted by Crippen LogP contribution is -2.41. The summed E-state index contributed by atoms with van der Waals surface area (Å²) in [5.41, 5.74) is 1.04. The number of nitrogens with zero attached hydrogens (tertiary/aromatic N) is 3. The van der Waals surface area contributed by atoms with Gasteiger partial charge in [-0.25, -0.2) is 0 Å². The van der Waals surface area contributed by atoms with Crippen molar-refractivity contribution in [2.45, 2.75) is 13.3 Å². The smallest absolute Gasteiger partial charge is 0.259 e. The van der Waals surface area contributed by atoms with Crippen molar-refractivity contribution in [2.75, 3.05) is 52.5 Å². The molecule has 0 bridgehead atoms. The predicted octanol–water partition coefficient (Wildman–Crippen LogP) is 1.32. The Morgan fingerprint density at radius 1 is 1.30 bits per heavy atom. The van der Waals surface area contributed by atoms with Gasteiger partial charge in [0.15, 0.2) is 5.17 Å². The number of amidine groups is 1. The first-order chi connectivity index (χ1) is 10.3. The first kappa shape index (κ1) is 20.6. The molecule has 0 unspecified atom stereocenters. The van der Waals surface area contributed by atoms with E-state index < -0.39 is 0 Å². The van der Waals surface area contributed by atoms with E-state index in [2.05, 4.69) is 20.1 Å². The predicted molar refractivity (Wildman–Crippen MR) is 98.7 cm³/mol. The minimum atomic E-state index is 0. The van der Waals surface area contributed by atoms with Crippen LogP contribution >= 0.6 is 36.6 Å². The number of halogens is 2. The Morgan fingerprint density at radius 3 is 2.74 bits per heavy atom. The van der Waals surface area contributed by atoms with Gasteiger partial charge in [0, 0.05) is 45.0 Å². The van der Waals surface area contributed by atoms with Crippen molar-refractivity contribution in [3.63, 3.8) is 0 Å². The molecule has 0 atom stereocenters. The quantitative estimate of drug-likeness (QED) is 0.794. The molecule has 1 saturated heterocycles. The molecule has 3 heterocycles. The molecule has 0 aromatic heterocycles. The third-order valence-corrected chi connectivity index (χ3v) is 5.19. The van der Waals surface area contributed by atoms with Crippen molar-refractivity contribution in [1.29, 1.82) is 0 Å². The number of aliphatic imine (C=N–C) groups is 1. The molecule has 0 aromatic carbocycles. The number of amides is 1. The van der Waals surface area contributed by atoms with E-state index in [4.69, 9.17) is 4.74 Å². The molecule has 1 fully saturated rings. The second-order valence-electron chi connectivity index (χ2n) is 5.40. The van der Waals surface area contributed by atoms with Gasteiger partial charge in [0.05, 0.1) is 18.1 Å². The van der Waals surface area contributed by atoms with Gasteiger partial charge in [-0.05, 0) is 25.1 Å². The number of ether oxygens (including phenoxy) is 1. The Bertz CT molecular complexity index is 481. The fourth-order valence-electron chi connectivity index (χ4n) is 2.71. The lowest BCUT2D eigenvalue weighted by Gasteiger charge is -2.26. The number of fused-ring (bicyclic) bond motifs is 1. The number of carbonyl (C=O) groups is 1. The average molecular weight is 383 g/mol. The van der Waals surface area contributed by atoms with E-state index in [-0.39, 0.29) is 30.7 Å². The molecule has 0 spiro atoms. The van der Waals surface area contributed by atoms with Crippen LogP contribution in [0.25, 0.3) is 0 Å². The standard InChI is InChI=1S/C14H22N4O2S.2ClH/c1-11-12(21-14-16-3-2-5-18(11)14)13(19)15-4-6-17-7-9-20-10-8-17;;/h2-10H2,1H3,(H,15,19);2*1H. The zero-order chi connectivity index (χ0) is 14.7. The summed E-state index contributed by atoms with van der Waals surface area (Å²) in [4.78, 5) is 22.1. The van der Waals surface area contributed by atoms with Crippen LogP contribution in [-0.4, -0.2) is 73.4 Å². The van der Waals surface area contributed by atoms with Gasteiger partial charge in [0.2, 0.25) is 0 Å². The molecular formula is C14H24Cl2N4O2S. The Hall–Kier alpha value is -0.470. The van der Waals surface area contributed by atoms with Gasteiger partial charge in [-0.3, -0.25) is 14.7 Å². The van der Waals surface area contributed by atoms with Gasteiger partial charge in [-0.1, -0.05) is 0 Å². The summed E-state index contributed by atoms with van der Waals surface area (Å²) in [6, 6.07) is 0. The van der Waals surface area contributed by atoms with Crippen molar-refractivity contribution in [3.8, 4) is 0 Å². The fourth-order valence-corrected chi connectivity index (χ4v) is 3.81.